The Balaban J connectivity index is 4.52. The highest BCUT2D eigenvalue weighted by Gasteiger charge is 2.22. The molecule has 0 aliphatic carbocycles. The van der Waals surface area contributed by atoms with Crippen LogP contribution in [0, 0.1) is 0 Å². The van der Waals surface area contributed by atoms with Crippen molar-refractivity contribution in [2.75, 3.05) is 33.5 Å². The topological polar surface area (TPSA) is 30.9 Å². The number of ether oxygens (including phenoxy) is 3. The van der Waals surface area contributed by atoms with Crippen LogP contribution in [0.25, 0.3) is 0 Å². The van der Waals surface area contributed by atoms with Gasteiger partial charge in [0.1, 0.15) is 0 Å². The highest BCUT2D eigenvalue weighted by Crippen LogP contribution is 2.09. The van der Waals surface area contributed by atoms with Crippen LogP contribution in [-0.4, -0.2) is 62.7 Å². The number of methoxy groups -OCH3 is 1. The zero-order chi connectivity index (χ0) is 14.8. The summed E-state index contributed by atoms with van der Waals surface area (Å²) in [6.45, 7) is 15.7. The lowest BCUT2D eigenvalue weighted by Crippen LogP contribution is -2.48. The molecule has 0 heterocycles. The van der Waals surface area contributed by atoms with Gasteiger partial charge in [0.15, 0.2) is 0 Å². The Bertz CT molecular complexity index is 196. The maximum atomic E-state index is 5.78. The van der Waals surface area contributed by atoms with Crippen molar-refractivity contribution < 1.29 is 14.2 Å². The molecule has 0 aliphatic heterocycles. The highest BCUT2D eigenvalue weighted by atomic mass is 16.5. The van der Waals surface area contributed by atoms with E-state index in [1.165, 1.54) is 0 Å². The molecule has 0 aromatic carbocycles. The summed E-state index contributed by atoms with van der Waals surface area (Å²) < 4.78 is 16.8. The quantitative estimate of drug-likeness (QED) is 0.580. The van der Waals surface area contributed by atoms with Crippen molar-refractivity contribution in [2.45, 2.75) is 65.8 Å². The van der Waals surface area contributed by atoms with Crippen LogP contribution in [0.5, 0.6) is 0 Å². The van der Waals surface area contributed by atoms with Gasteiger partial charge < -0.3 is 14.2 Å². The molecule has 0 fully saturated rings. The van der Waals surface area contributed by atoms with Gasteiger partial charge in [0.05, 0.1) is 38.1 Å². The third kappa shape index (κ3) is 9.38. The summed E-state index contributed by atoms with van der Waals surface area (Å²) in [6, 6.07) is 0.728. The zero-order valence-electron chi connectivity index (χ0n) is 13.8. The van der Waals surface area contributed by atoms with Crippen LogP contribution in [0.1, 0.15) is 41.5 Å². The fraction of sp³-hybridized carbons (Fsp3) is 1.00. The predicted molar refractivity (Wildman–Crippen MR) is 79.7 cm³/mol. The average Bonchev–Trinajstić information content (AvgIpc) is 2.30. The summed E-state index contributed by atoms with van der Waals surface area (Å²) in [6.07, 6.45) is 0.496. The fourth-order valence-corrected chi connectivity index (χ4v) is 1.91. The number of nitrogens with zero attached hydrogens (tertiary/aromatic N) is 1. The van der Waals surface area contributed by atoms with Gasteiger partial charge in [-0.05, 0) is 41.5 Å². The van der Waals surface area contributed by atoms with Crippen LogP contribution < -0.4 is 0 Å². The summed E-state index contributed by atoms with van der Waals surface area (Å²) in [4.78, 5) is 2.40. The summed E-state index contributed by atoms with van der Waals surface area (Å²) in [5, 5.41) is 0. The normalized spacial score (nSPS) is 12.6. The minimum absolute atomic E-state index is 0.248. The first kappa shape index (κ1) is 18.8. The summed E-state index contributed by atoms with van der Waals surface area (Å²) in [5.74, 6) is 0. The van der Waals surface area contributed by atoms with Gasteiger partial charge in [0.25, 0.3) is 0 Å². The van der Waals surface area contributed by atoms with Crippen molar-refractivity contribution in [3.8, 4) is 0 Å². The highest BCUT2D eigenvalue weighted by molar-refractivity contribution is 4.75. The molecule has 0 bridgehead atoms. The Labute approximate surface area is 119 Å². The van der Waals surface area contributed by atoms with Crippen molar-refractivity contribution in [3.05, 3.63) is 0 Å². The van der Waals surface area contributed by atoms with Crippen LogP contribution in [0.3, 0.4) is 0 Å². The molecule has 4 heteroatoms. The van der Waals surface area contributed by atoms with Crippen LogP contribution in [-0.2, 0) is 14.2 Å². The van der Waals surface area contributed by atoms with E-state index in [1.807, 2.05) is 0 Å². The molecule has 19 heavy (non-hydrogen) atoms. The lowest BCUT2D eigenvalue weighted by molar-refractivity contribution is -0.0416. The van der Waals surface area contributed by atoms with Crippen molar-refractivity contribution in [1.82, 2.24) is 4.90 Å². The van der Waals surface area contributed by atoms with E-state index in [2.05, 4.69) is 46.4 Å². The Kier molecular flexibility index (Phi) is 10.5. The van der Waals surface area contributed by atoms with Gasteiger partial charge in [-0.25, -0.2) is 0 Å². The molecule has 0 saturated heterocycles. The molecule has 0 N–H and O–H groups in total. The minimum Gasteiger partial charge on any atom is -0.383 e. The standard InChI is InChI=1S/C15H33NO3/c1-12(2)16(8-9-17-7)15(10-18-13(3)4)11-19-14(5)6/h12-15H,8-11H2,1-7H3. The first-order chi connectivity index (χ1) is 8.88. The molecule has 4 nitrogen and oxygen atoms in total. The molecule has 0 saturated carbocycles. The van der Waals surface area contributed by atoms with Crippen LogP contribution >= 0.6 is 0 Å². The average molecular weight is 275 g/mol. The van der Waals surface area contributed by atoms with Crippen LogP contribution in [0.2, 0.25) is 0 Å². The van der Waals surface area contributed by atoms with E-state index in [-0.39, 0.29) is 18.2 Å². The summed E-state index contributed by atoms with van der Waals surface area (Å²) >= 11 is 0. The van der Waals surface area contributed by atoms with E-state index in [0.717, 1.165) is 13.2 Å². The SMILES string of the molecule is COCCN(C(C)C)C(COC(C)C)COC(C)C. The first-order valence-electron chi connectivity index (χ1n) is 7.36. The maximum Gasteiger partial charge on any atom is 0.0647 e. The number of rotatable bonds is 11. The van der Waals surface area contributed by atoms with Gasteiger partial charge in [-0.2, -0.15) is 0 Å². The zero-order valence-corrected chi connectivity index (χ0v) is 13.8. The molecule has 0 aromatic heterocycles. The second kappa shape index (κ2) is 10.6. The first-order valence-corrected chi connectivity index (χ1v) is 7.36. The molecule has 0 spiro atoms. The molecule has 0 unspecified atom stereocenters. The largest absolute Gasteiger partial charge is 0.383 e. The number of hydrogen-bond donors (Lipinski definition) is 0. The molecule has 0 rings (SSSR count). The molecule has 0 amide bonds. The molecule has 0 atom stereocenters. The van der Waals surface area contributed by atoms with E-state index in [9.17, 15) is 0 Å². The monoisotopic (exact) mass is 275 g/mol. The number of hydrogen-bond acceptors (Lipinski definition) is 4. The van der Waals surface area contributed by atoms with Crippen molar-refractivity contribution >= 4 is 0 Å². The van der Waals surface area contributed by atoms with Gasteiger partial charge >= 0.3 is 0 Å². The summed E-state index contributed by atoms with van der Waals surface area (Å²) in [5.41, 5.74) is 0. The van der Waals surface area contributed by atoms with Gasteiger partial charge in [-0.15, -0.1) is 0 Å². The van der Waals surface area contributed by atoms with Gasteiger partial charge in [0, 0.05) is 19.7 Å². The van der Waals surface area contributed by atoms with Gasteiger partial charge in [0.2, 0.25) is 0 Å². The van der Waals surface area contributed by atoms with Crippen molar-refractivity contribution in [1.29, 1.82) is 0 Å². The molecular weight excluding hydrogens is 242 g/mol. The van der Waals surface area contributed by atoms with Crippen LogP contribution in [0.15, 0.2) is 0 Å². The second-order valence-electron chi connectivity index (χ2n) is 5.74. The second-order valence-corrected chi connectivity index (χ2v) is 5.74. The van der Waals surface area contributed by atoms with E-state index >= 15 is 0 Å². The Hall–Kier alpha value is -0.160. The predicted octanol–water partition coefficient (Wildman–Crippen LogP) is 2.56. The third-order valence-electron chi connectivity index (χ3n) is 2.93. The molecule has 0 aromatic rings. The Morgan fingerprint density at radius 3 is 1.63 bits per heavy atom. The maximum absolute atomic E-state index is 5.78. The third-order valence-corrected chi connectivity index (χ3v) is 2.93. The van der Waals surface area contributed by atoms with E-state index in [1.54, 1.807) is 7.11 Å². The lowest BCUT2D eigenvalue weighted by Gasteiger charge is -2.35. The van der Waals surface area contributed by atoms with Crippen molar-refractivity contribution in [2.24, 2.45) is 0 Å². The Morgan fingerprint density at radius 1 is 0.842 bits per heavy atom. The molecule has 116 valence electrons. The van der Waals surface area contributed by atoms with Gasteiger partial charge in [-0.1, -0.05) is 0 Å². The molecular formula is C15H33NO3. The summed E-state index contributed by atoms with van der Waals surface area (Å²) in [7, 11) is 1.74. The lowest BCUT2D eigenvalue weighted by atomic mass is 10.2. The van der Waals surface area contributed by atoms with Crippen LogP contribution in [0.4, 0.5) is 0 Å². The minimum atomic E-state index is 0.248. The Morgan fingerprint density at radius 2 is 1.32 bits per heavy atom. The van der Waals surface area contributed by atoms with E-state index in [4.69, 9.17) is 14.2 Å². The smallest absolute Gasteiger partial charge is 0.0647 e. The van der Waals surface area contributed by atoms with Gasteiger partial charge in [-0.3, -0.25) is 4.90 Å². The molecule has 0 aliphatic rings. The molecule has 0 radical (unpaired) electrons. The van der Waals surface area contributed by atoms with E-state index < -0.39 is 0 Å². The van der Waals surface area contributed by atoms with Crippen molar-refractivity contribution in [3.63, 3.8) is 0 Å². The van der Waals surface area contributed by atoms with E-state index in [0.29, 0.717) is 19.3 Å². The fourth-order valence-electron chi connectivity index (χ4n) is 1.91.